The number of amidine groups is 1. The Bertz CT molecular complexity index is 519. The van der Waals surface area contributed by atoms with Crippen LogP contribution in [0, 0.1) is 0 Å². The van der Waals surface area contributed by atoms with Gasteiger partial charge in [-0.3, -0.25) is 4.72 Å². The summed E-state index contributed by atoms with van der Waals surface area (Å²) in [5.41, 5.74) is 7.86. The zero-order chi connectivity index (χ0) is 10.3. The molecule has 0 aliphatic carbocycles. The van der Waals surface area contributed by atoms with Crippen LogP contribution >= 0.6 is 0 Å². The Balaban J connectivity index is 2.77. The van der Waals surface area contributed by atoms with E-state index in [-0.39, 0.29) is 10.6 Å². The Labute approximate surface area is 81.7 Å². The van der Waals surface area contributed by atoms with Crippen LogP contribution in [-0.2, 0) is 10.0 Å². The monoisotopic (exact) mass is 210 g/mol. The summed E-state index contributed by atoms with van der Waals surface area (Å²) in [5, 5.41) is 0. The molecule has 1 aliphatic heterocycles. The van der Waals surface area contributed by atoms with Crippen LogP contribution in [0.1, 0.15) is 6.92 Å². The van der Waals surface area contributed by atoms with Crippen LogP contribution in [0.15, 0.2) is 28.1 Å². The summed E-state index contributed by atoms with van der Waals surface area (Å²) in [5.74, 6) is 0.343. The van der Waals surface area contributed by atoms with E-state index in [1.807, 2.05) is 0 Å². The SMILES string of the molecule is CC1=Nc2ccc([NH])cc2S(=O)(=O)N1. The minimum atomic E-state index is -3.51. The molecule has 1 aliphatic rings. The number of aliphatic imine (C=N–C) groups is 1. The standard InChI is InChI=1S/C8H8N3O2S/c1-5-10-7-3-2-6(9)4-8(7)14(12,13)11-5/h2-4,9H,1H3,(H,10,11). The molecule has 2 rings (SSSR count). The molecule has 0 saturated heterocycles. The van der Waals surface area contributed by atoms with Crippen LogP contribution in [0.25, 0.3) is 0 Å². The highest BCUT2D eigenvalue weighted by atomic mass is 32.2. The Morgan fingerprint density at radius 2 is 2.14 bits per heavy atom. The highest BCUT2D eigenvalue weighted by Gasteiger charge is 2.23. The van der Waals surface area contributed by atoms with Crippen molar-refractivity contribution in [2.24, 2.45) is 4.99 Å². The summed E-state index contributed by atoms with van der Waals surface area (Å²) >= 11 is 0. The van der Waals surface area contributed by atoms with Crippen LogP contribution in [0.3, 0.4) is 0 Å². The lowest BCUT2D eigenvalue weighted by molar-refractivity contribution is 0.591. The summed E-state index contributed by atoms with van der Waals surface area (Å²) in [7, 11) is -3.51. The number of nitrogens with zero attached hydrogens (tertiary/aromatic N) is 1. The maximum atomic E-state index is 11.6. The maximum Gasteiger partial charge on any atom is 0.265 e. The number of hydrogen-bond donors (Lipinski definition) is 1. The highest BCUT2D eigenvalue weighted by molar-refractivity contribution is 7.90. The van der Waals surface area contributed by atoms with E-state index in [0.29, 0.717) is 11.5 Å². The van der Waals surface area contributed by atoms with Gasteiger partial charge in [0, 0.05) is 0 Å². The Kier molecular flexibility index (Phi) is 1.75. The molecule has 6 heteroatoms. The Hall–Kier alpha value is -1.56. The summed E-state index contributed by atoms with van der Waals surface area (Å²) in [6, 6.07) is 4.32. The van der Waals surface area contributed by atoms with Gasteiger partial charge < -0.3 is 5.73 Å². The molecule has 0 atom stereocenters. The zero-order valence-electron chi connectivity index (χ0n) is 7.40. The van der Waals surface area contributed by atoms with Gasteiger partial charge in [-0.25, -0.2) is 13.4 Å². The van der Waals surface area contributed by atoms with Gasteiger partial charge in [0.25, 0.3) is 10.0 Å². The van der Waals surface area contributed by atoms with E-state index in [1.54, 1.807) is 6.92 Å². The molecule has 1 heterocycles. The van der Waals surface area contributed by atoms with E-state index in [9.17, 15) is 8.42 Å². The van der Waals surface area contributed by atoms with Crippen LogP contribution in [-0.4, -0.2) is 14.3 Å². The molecule has 2 N–H and O–H groups in total. The first-order valence-electron chi connectivity index (χ1n) is 3.93. The van der Waals surface area contributed by atoms with Crippen LogP contribution in [0.2, 0.25) is 0 Å². The second-order valence-corrected chi connectivity index (χ2v) is 4.64. The fourth-order valence-electron chi connectivity index (χ4n) is 1.27. The van der Waals surface area contributed by atoms with Crippen molar-refractivity contribution in [3.05, 3.63) is 18.2 Å². The van der Waals surface area contributed by atoms with E-state index in [1.165, 1.54) is 18.2 Å². The second kappa shape index (κ2) is 2.71. The average molecular weight is 210 g/mol. The van der Waals surface area contributed by atoms with Crippen molar-refractivity contribution in [2.45, 2.75) is 11.8 Å². The molecule has 14 heavy (non-hydrogen) atoms. The minimum absolute atomic E-state index is 0.0654. The van der Waals surface area contributed by atoms with Crippen molar-refractivity contribution >= 4 is 27.2 Å². The maximum absolute atomic E-state index is 11.6. The largest absolute Gasteiger partial charge is 0.301 e. The van der Waals surface area contributed by atoms with Gasteiger partial charge in [-0.1, -0.05) is 0 Å². The molecule has 0 unspecified atom stereocenters. The molecule has 0 bridgehead atoms. The summed E-state index contributed by atoms with van der Waals surface area (Å²) < 4.78 is 25.4. The third kappa shape index (κ3) is 1.33. The third-order valence-corrected chi connectivity index (χ3v) is 3.29. The molecule has 1 radical (unpaired) electrons. The van der Waals surface area contributed by atoms with Gasteiger partial charge in [0.1, 0.15) is 10.7 Å². The fourth-order valence-corrected chi connectivity index (χ4v) is 2.49. The molecule has 0 aromatic heterocycles. The number of rotatable bonds is 0. The first kappa shape index (κ1) is 9.01. The molecular weight excluding hydrogens is 202 g/mol. The number of benzene rings is 1. The van der Waals surface area contributed by atoms with E-state index in [0.717, 1.165) is 0 Å². The Morgan fingerprint density at radius 3 is 2.86 bits per heavy atom. The quantitative estimate of drug-likeness (QED) is 0.691. The van der Waals surface area contributed by atoms with Crippen LogP contribution in [0.5, 0.6) is 0 Å². The first-order chi connectivity index (χ1) is 6.49. The molecule has 0 spiro atoms. The smallest absolute Gasteiger partial charge is 0.265 e. The Morgan fingerprint density at radius 1 is 1.43 bits per heavy atom. The lowest BCUT2D eigenvalue weighted by Crippen LogP contribution is -2.31. The van der Waals surface area contributed by atoms with E-state index >= 15 is 0 Å². The van der Waals surface area contributed by atoms with Gasteiger partial charge >= 0.3 is 0 Å². The molecular formula is C8H8N3O2S. The van der Waals surface area contributed by atoms with Crippen molar-refractivity contribution in [2.75, 3.05) is 0 Å². The third-order valence-electron chi connectivity index (χ3n) is 1.82. The summed E-state index contributed by atoms with van der Waals surface area (Å²) in [4.78, 5) is 4.09. The van der Waals surface area contributed by atoms with Gasteiger partial charge in [0.2, 0.25) is 0 Å². The molecule has 73 valence electrons. The normalized spacial score (nSPS) is 17.9. The average Bonchev–Trinajstić information content (AvgIpc) is 2.05. The molecule has 0 fully saturated rings. The minimum Gasteiger partial charge on any atom is -0.301 e. The van der Waals surface area contributed by atoms with Crippen molar-refractivity contribution in [3.63, 3.8) is 0 Å². The summed E-state index contributed by atoms with van der Waals surface area (Å²) in [6.45, 7) is 1.58. The molecule has 0 saturated carbocycles. The topological polar surface area (TPSA) is 82.3 Å². The van der Waals surface area contributed by atoms with Gasteiger partial charge in [-0.05, 0) is 25.1 Å². The number of fused-ring (bicyclic) bond motifs is 1. The predicted molar refractivity (Wildman–Crippen MR) is 52.3 cm³/mol. The van der Waals surface area contributed by atoms with Crippen LogP contribution in [0.4, 0.5) is 11.4 Å². The van der Waals surface area contributed by atoms with E-state index < -0.39 is 10.0 Å². The van der Waals surface area contributed by atoms with Crippen molar-refractivity contribution in [1.82, 2.24) is 10.5 Å². The first-order valence-corrected chi connectivity index (χ1v) is 5.41. The second-order valence-electron chi connectivity index (χ2n) is 2.99. The van der Waals surface area contributed by atoms with Gasteiger partial charge in [0.05, 0.1) is 11.4 Å². The van der Waals surface area contributed by atoms with Crippen molar-refractivity contribution < 1.29 is 8.42 Å². The number of sulfonamides is 1. The van der Waals surface area contributed by atoms with Crippen LogP contribution < -0.4 is 10.5 Å². The number of nitrogens with one attached hydrogen (secondary N) is 2. The summed E-state index contributed by atoms with van der Waals surface area (Å²) in [6.07, 6.45) is 0. The van der Waals surface area contributed by atoms with Gasteiger partial charge in [-0.2, -0.15) is 0 Å². The van der Waals surface area contributed by atoms with E-state index in [2.05, 4.69) is 9.71 Å². The molecule has 5 nitrogen and oxygen atoms in total. The lowest BCUT2D eigenvalue weighted by atomic mass is 10.3. The van der Waals surface area contributed by atoms with Crippen molar-refractivity contribution in [1.29, 1.82) is 0 Å². The molecule has 1 aromatic carbocycles. The molecule has 0 amide bonds. The zero-order valence-corrected chi connectivity index (χ0v) is 8.22. The highest BCUT2D eigenvalue weighted by Crippen LogP contribution is 2.29. The number of hydrogen-bond acceptors (Lipinski definition) is 3. The molecule has 1 aromatic rings. The van der Waals surface area contributed by atoms with E-state index in [4.69, 9.17) is 5.73 Å². The fraction of sp³-hybridized carbons (Fsp3) is 0.125. The van der Waals surface area contributed by atoms with Gasteiger partial charge in [-0.15, -0.1) is 0 Å². The lowest BCUT2D eigenvalue weighted by Gasteiger charge is -2.15. The van der Waals surface area contributed by atoms with Crippen molar-refractivity contribution in [3.8, 4) is 0 Å². The van der Waals surface area contributed by atoms with Gasteiger partial charge in [0.15, 0.2) is 0 Å². The predicted octanol–water partition coefficient (Wildman–Crippen LogP) is 0.943.